The quantitative estimate of drug-likeness (QED) is 0.683. The Morgan fingerprint density at radius 3 is 2.90 bits per heavy atom. The van der Waals surface area contributed by atoms with Crippen molar-refractivity contribution in [2.24, 2.45) is 5.92 Å². The van der Waals surface area contributed by atoms with E-state index in [1.165, 1.54) is 18.6 Å². The van der Waals surface area contributed by atoms with Crippen LogP contribution < -0.4 is 5.32 Å². The topological polar surface area (TPSA) is 75.5 Å². The molecule has 1 aliphatic rings. The molecule has 1 unspecified atom stereocenters. The van der Waals surface area contributed by atoms with Crippen LogP contribution in [-0.2, 0) is 4.79 Å². The van der Waals surface area contributed by atoms with Crippen molar-refractivity contribution in [3.05, 3.63) is 33.9 Å². The van der Waals surface area contributed by atoms with Gasteiger partial charge in [0, 0.05) is 24.4 Å². The summed E-state index contributed by atoms with van der Waals surface area (Å²) in [6.07, 6.45) is 2.35. The molecule has 1 atom stereocenters. The third-order valence-corrected chi connectivity index (χ3v) is 3.80. The number of hydrogen-bond acceptors (Lipinski definition) is 4. The highest BCUT2D eigenvalue weighted by atomic mass is 16.6. The number of amides is 1. The van der Waals surface area contributed by atoms with Gasteiger partial charge in [0.1, 0.15) is 0 Å². The van der Waals surface area contributed by atoms with Gasteiger partial charge in [0.25, 0.3) is 5.69 Å². The summed E-state index contributed by atoms with van der Waals surface area (Å²) < 4.78 is 0. The highest BCUT2D eigenvalue weighted by Crippen LogP contribution is 2.21. The molecule has 0 spiro atoms. The molecule has 1 saturated heterocycles. The summed E-state index contributed by atoms with van der Waals surface area (Å²) in [7, 11) is 0. The Kier molecular flexibility index (Phi) is 4.90. The summed E-state index contributed by atoms with van der Waals surface area (Å²) >= 11 is 0. The number of nitro groups is 1. The van der Waals surface area contributed by atoms with Gasteiger partial charge < -0.3 is 5.32 Å². The number of carbonyl (C=O) groups excluding carboxylic acids is 1. The fraction of sp³-hybridized carbons (Fsp3) is 0.533. The van der Waals surface area contributed by atoms with Gasteiger partial charge in [-0.05, 0) is 43.9 Å². The monoisotopic (exact) mass is 291 g/mol. The van der Waals surface area contributed by atoms with Gasteiger partial charge in [0.15, 0.2) is 0 Å². The number of carbonyl (C=O) groups is 1. The molecule has 0 radical (unpaired) electrons. The minimum Gasteiger partial charge on any atom is -0.325 e. The van der Waals surface area contributed by atoms with Crippen LogP contribution >= 0.6 is 0 Å². The Labute approximate surface area is 124 Å². The normalized spacial score (nSPS) is 19.2. The number of nitro benzene ring substituents is 1. The lowest BCUT2D eigenvalue weighted by atomic mass is 10.0. The van der Waals surface area contributed by atoms with E-state index in [-0.39, 0.29) is 11.6 Å². The molecule has 1 heterocycles. The SMILES string of the molecule is Cc1cc([N+](=O)[O-])ccc1NC(=O)CN1CCCC(C)C1. The number of nitrogens with one attached hydrogen (secondary N) is 1. The van der Waals surface area contributed by atoms with Crippen LogP contribution in [0.25, 0.3) is 0 Å². The molecular weight excluding hydrogens is 270 g/mol. The number of benzene rings is 1. The third-order valence-electron chi connectivity index (χ3n) is 3.80. The van der Waals surface area contributed by atoms with Gasteiger partial charge in [-0.3, -0.25) is 19.8 Å². The Morgan fingerprint density at radius 2 is 2.29 bits per heavy atom. The van der Waals surface area contributed by atoms with E-state index in [0.29, 0.717) is 23.7 Å². The standard InChI is InChI=1S/C15H21N3O3/c1-11-4-3-7-17(9-11)10-15(19)16-14-6-5-13(18(20)21)8-12(14)2/h5-6,8,11H,3-4,7,9-10H2,1-2H3,(H,16,19). The van der Waals surface area contributed by atoms with E-state index in [9.17, 15) is 14.9 Å². The Morgan fingerprint density at radius 1 is 1.52 bits per heavy atom. The summed E-state index contributed by atoms with van der Waals surface area (Å²) in [5, 5.41) is 13.5. The van der Waals surface area contributed by atoms with Gasteiger partial charge in [-0.1, -0.05) is 6.92 Å². The molecule has 0 bridgehead atoms. The number of rotatable bonds is 4. The summed E-state index contributed by atoms with van der Waals surface area (Å²) in [5.74, 6) is 0.564. The molecule has 0 saturated carbocycles. The zero-order valence-electron chi connectivity index (χ0n) is 12.5. The van der Waals surface area contributed by atoms with E-state index in [1.54, 1.807) is 13.0 Å². The predicted octanol–water partition coefficient (Wildman–Crippen LogP) is 2.57. The van der Waals surface area contributed by atoms with Gasteiger partial charge in [0.2, 0.25) is 5.91 Å². The van der Waals surface area contributed by atoms with Crippen molar-refractivity contribution in [2.45, 2.75) is 26.7 Å². The van der Waals surface area contributed by atoms with Crippen LogP contribution in [0.3, 0.4) is 0 Å². The molecule has 0 aromatic heterocycles. The summed E-state index contributed by atoms with van der Waals surface area (Å²) in [6.45, 7) is 6.24. The van der Waals surface area contributed by atoms with Crippen LogP contribution in [0, 0.1) is 23.0 Å². The summed E-state index contributed by atoms with van der Waals surface area (Å²) in [5.41, 5.74) is 1.37. The van der Waals surface area contributed by atoms with Crippen molar-refractivity contribution < 1.29 is 9.72 Å². The molecule has 114 valence electrons. The van der Waals surface area contributed by atoms with Crippen LogP contribution in [0.5, 0.6) is 0 Å². The molecule has 0 aliphatic carbocycles. The molecule has 6 nitrogen and oxygen atoms in total. The number of nitrogens with zero attached hydrogens (tertiary/aromatic N) is 2. The van der Waals surface area contributed by atoms with Gasteiger partial charge in [0.05, 0.1) is 11.5 Å². The minimum atomic E-state index is -0.437. The van der Waals surface area contributed by atoms with E-state index in [0.717, 1.165) is 19.5 Å². The number of anilines is 1. The molecule has 1 N–H and O–H groups in total. The Bertz CT molecular complexity index is 545. The molecule has 1 aliphatic heterocycles. The van der Waals surface area contributed by atoms with E-state index in [1.807, 2.05) is 0 Å². The first-order valence-corrected chi connectivity index (χ1v) is 7.23. The predicted molar refractivity (Wildman–Crippen MR) is 81.3 cm³/mol. The molecular formula is C15H21N3O3. The molecule has 2 rings (SSSR count). The molecule has 1 amide bonds. The number of piperidine rings is 1. The van der Waals surface area contributed by atoms with Crippen molar-refractivity contribution in [1.82, 2.24) is 4.90 Å². The van der Waals surface area contributed by atoms with Crippen LogP contribution in [0.1, 0.15) is 25.3 Å². The Hall–Kier alpha value is -1.95. The molecule has 6 heteroatoms. The largest absolute Gasteiger partial charge is 0.325 e. The maximum Gasteiger partial charge on any atom is 0.269 e. The second-order valence-corrected chi connectivity index (χ2v) is 5.79. The van der Waals surface area contributed by atoms with E-state index < -0.39 is 4.92 Å². The molecule has 1 fully saturated rings. The van der Waals surface area contributed by atoms with Crippen LogP contribution in [0.2, 0.25) is 0 Å². The first kappa shape index (κ1) is 15.4. The van der Waals surface area contributed by atoms with Gasteiger partial charge in [-0.25, -0.2) is 0 Å². The van der Waals surface area contributed by atoms with Crippen molar-refractivity contribution in [1.29, 1.82) is 0 Å². The van der Waals surface area contributed by atoms with Gasteiger partial charge in [-0.2, -0.15) is 0 Å². The van der Waals surface area contributed by atoms with Crippen molar-refractivity contribution in [3.8, 4) is 0 Å². The van der Waals surface area contributed by atoms with Crippen LogP contribution in [-0.4, -0.2) is 35.4 Å². The lowest BCUT2D eigenvalue weighted by Crippen LogP contribution is -2.39. The second kappa shape index (κ2) is 6.67. The van der Waals surface area contributed by atoms with Crippen LogP contribution in [0.4, 0.5) is 11.4 Å². The van der Waals surface area contributed by atoms with Crippen molar-refractivity contribution >= 4 is 17.3 Å². The van der Waals surface area contributed by atoms with E-state index in [4.69, 9.17) is 0 Å². The fourth-order valence-corrected chi connectivity index (χ4v) is 2.72. The number of aryl methyl sites for hydroxylation is 1. The number of non-ortho nitro benzene ring substituents is 1. The third kappa shape index (κ3) is 4.26. The van der Waals surface area contributed by atoms with Crippen LogP contribution in [0.15, 0.2) is 18.2 Å². The maximum atomic E-state index is 12.1. The minimum absolute atomic E-state index is 0.0374. The fourth-order valence-electron chi connectivity index (χ4n) is 2.72. The average Bonchev–Trinajstić information content (AvgIpc) is 2.40. The first-order valence-electron chi connectivity index (χ1n) is 7.23. The van der Waals surface area contributed by atoms with Gasteiger partial charge >= 0.3 is 0 Å². The lowest BCUT2D eigenvalue weighted by Gasteiger charge is -2.30. The smallest absolute Gasteiger partial charge is 0.269 e. The average molecular weight is 291 g/mol. The first-order chi connectivity index (χ1) is 9.95. The van der Waals surface area contributed by atoms with Crippen molar-refractivity contribution in [2.75, 3.05) is 25.0 Å². The second-order valence-electron chi connectivity index (χ2n) is 5.79. The zero-order valence-corrected chi connectivity index (χ0v) is 12.5. The molecule has 1 aromatic carbocycles. The summed E-state index contributed by atoms with van der Waals surface area (Å²) in [4.78, 5) is 24.5. The van der Waals surface area contributed by atoms with Gasteiger partial charge in [-0.15, -0.1) is 0 Å². The highest BCUT2D eigenvalue weighted by Gasteiger charge is 2.19. The van der Waals surface area contributed by atoms with E-state index >= 15 is 0 Å². The zero-order chi connectivity index (χ0) is 15.4. The Balaban J connectivity index is 1.94. The highest BCUT2D eigenvalue weighted by molar-refractivity contribution is 5.93. The number of hydrogen-bond donors (Lipinski definition) is 1. The maximum absolute atomic E-state index is 12.1. The molecule has 21 heavy (non-hydrogen) atoms. The van der Waals surface area contributed by atoms with E-state index in [2.05, 4.69) is 17.1 Å². The molecule has 1 aromatic rings. The number of likely N-dealkylation sites (tertiary alicyclic amines) is 1. The van der Waals surface area contributed by atoms with Crippen molar-refractivity contribution in [3.63, 3.8) is 0 Å². The lowest BCUT2D eigenvalue weighted by molar-refractivity contribution is -0.384. The summed E-state index contributed by atoms with van der Waals surface area (Å²) in [6, 6.07) is 4.47.